The maximum Gasteiger partial charge on any atom is 0.125 e. The Balaban J connectivity index is 2.46. The quantitative estimate of drug-likeness (QED) is 0.868. The van der Waals surface area contributed by atoms with Crippen molar-refractivity contribution >= 4 is 5.69 Å². The van der Waals surface area contributed by atoms with Gasteiger partial charge in [-0.15, -0.1) is 0 Å². The SMILES string of the molecule is Cc1cc(F)cc(NC(CO)(c2ccccc2)C(C)C)c1. The van der Waals surface area contributed by atoms with E-state index in [1.807, 2.05) is 57.2 Å². The van der Waals surface area contributed by atoms with Crippen LogP contribution in [0.3, 0.4) is 0 Å². The standard InChI is InChI=1S/C18H22FNO/c1-13(2)18(12-21,15-7-5-4-6-8-15)20-17-10-14(3)9-16(19)11-17/h4-11,13,20-21H,12H2,1-3H3. The van der Waals surface area contributed by atoms with Crippen LogP contribution in [0, 0.1) is 18.7 Å². The summed E-state index contributed by atoms with van der Waals surface area (Å²) in [5.74, 6) is -0.144. The molecule has 1 atom stereocenters. The van der Waals surface area contributed by atoms with E-state index in [2.05, 4.69) is 5.32 Å². The van der Waals surface area contributed by atoms with Gasteiger partial charge in [0, 0.05) is 5.69 Å². The summed E-state index contributed by atoms with van der Waals surface area (Å²) in [7, 11) is 0. The van der Waals surface area contributed by atoms with E-state index in [0.29, 0.717) is 5.69 Å². The third kappa shape index (κ3) is 3.24. The van der Waals surface area contributed by atoms with Crippen molar-refractivity contribution in [2.45, 2.75) is 26.3 Å². The molecule has 0 radical (unpaired) electrons. The maximum absolute atomic E-state index is 13.6. The zero-order valence-electron chi connectivity index (χ0n) is 12.7. The van der Waals surface area contributed by atoms with Crippen LogP contribution in [-0.2, 0) is 5.54 Å². The molecule has 2 nitrogen and oxygen atoms in total. The van der Waals surface area contributed by atoms with E-state index in [4.69, 9.17) is 0 Å². The lowest BCUT2D eigenvalue weighted by atomic mass is 9.80. The molecular formula is C18H22FNO. The zero-order valence-corrected chi connectivity index (χ0v) is 12.7. The molecule has 2 aromatic carbocycles. The zero-order chi connectivity index (χ0) is 15.5. The lowest BCUT2D eigenvalue weighted by Gasteiger charge is -2.38. The summed E-state index contributed by atoms with van der Waals surface area (Å²) in [5.41, 5.74) is 1.88. The van der Waals surface area contributed by atoms with E-state index in [0.717, 1.165) is 11.1 Å². The molecular weight excluding hydrogens is 265 g/mol. The highest BCUT2D eigenvalue weighted by molar-refractivity contribution is 5.50. The molecule has 0 aromatic heterocycles. The number of rotatable bonds is 5. The van der Waals surface area contributed by atoms with Crippen LogP contribution in [0.15, 0.2) is 48.5 Å². The molecule has 0 saturated heterocycles. The van der Waals surface area contributed by atoms with Gasteiger partial charge in [0.1, 0.15) is 5.82 Å². The molecule has 112 valence electrons. The Bertz CT molecular complexity index is 577. The topological polar surface area (TPSA) is 32.3 Å². The predicted molar refractivity (Wildman–Crippen MR) is 84.8 cm³/mol. The first kappa shape index (κ1) is 15.5. The molecule has 2 aromatic rings. The summed E-state index contributed by atoms with van der Waals surface area (Å²) >= 11 is 0. The fourth-order valence-corrected chi connectivity index (χ4v) is 2.66. The van der Waals surface area contributed by atoms with Crippen molar-refractivity contribution in [3.8, 4) is 0 Å². The van der Waals surface area contributed by atoms with Crippen LogP contribution in [0.2, 0.25) is 0 Å². The number of nitrogens with one attached hydrogen (secondary N) is 1. The number of hydrogen-bond acceptors (Lipinski definition) is 2. The first-order valence-corrected chi connectivity index (χ1v) is 7.19. The number of aliphatic hydroxyl groups is 1. The van der Waals surface area contributed by atoms with Crippen LogP contribution in [-0.4, -0.2) is 11.7 Å². The highest BCUT2D eigenvalue weighted by Crippen LogP contribution is 2.33. The van der Waals surface area contributed by atoms with Gasteiger partial charge >= 0.3 is 0 Å². The molecule has 3 heteroatoms. The van der Waals surface area contributed by atoms with Gasteiger partial charge in [0.15, 0.2) is 0 Å². The number of halogens is 1. The molecule has 0 amide bonds. The van der Waals surface area contributed by atoms with Crippen LogP contribution in [0.1, 0.15) is 25.0 Å². The second kappa shape index (κ2) is 6.27. The fraction of sp³-hybridized carbons (Fsp3) is 0.333. The highest BCUT2D eigenvalue weighted by atomic mass is 19.1. The predicted octanol–water partition coefficient (Wildman–Crippen LogP) is 4.09. The van der Waals surface area contributed by atoms with Gasteiger partial charge in [-0.1, -0.05) is 44.2 Å². The Morgan fingerprint density at radius 2 is 1.81 bits per heavy atom. The van der Waals surface area contributed by atoms with Gasteiger partial charge in [-0.05, 0) is 42.2 Å². The molecule has 2 N–H and O–H groups in total. The normalized spacial score (nSPS) is 14.0. The lowest BCUT2D eigenvalue weighted by Crippen LogP contribution is -2.44. The van der Waals surface area contributed by atoms with Crippen molar-refractivity contribution in [2.24, 2.45) is 5.92 Å². The average molecular weight is 287 g/mol. The van der Waals surface area contributed by atoms with Crippen molar-refractivity contribution in [1.82, 2.24) is 0 Å². The van der Waals surface area contributed by atoms with Crippen LogP contribution in [0.5, 0.6) is 0 Å². The molecule has 21 heavy (non-hydrogen) atoms. The van der Waals surface area contributed by atoms with Crippen molar-refractivity contribution in [2.75, 3.05) is 11.9 Å². The van der Waals surface area contributed by atoms with Gasteiger partial charge in [0.25, 0.3) is 0 Å². The molecule has 0 aliphatic carbocycles. The Kier molecular flexibility index (Phi) is 4.63. The fourth-order valence-electron chi connectivity index (χ4n) is 2.66. The van der Waals surface area contributed by atoms with Crippen LogP contribution in [0.4, 0.5) is 10.1 Å². The molecule has 0 fully saturated rings. The summed E-state index contributed by atoms with van der Waals surface area (Å²) in [6.45, 7) is 5.88. The van der Waals surface area contributed by atoms with Crippen LogP contribution < -0.4 is 5.32 Å². The van der Waals surface area contributed by atoms with Crippen LogP contribution in [0.25, 0.3) is 0 Å². The van der Waals surface area contributed by atoms with Gasteiger partial charge in [-0.2, -0.15) is 0 Å². The molecule has 1 unspecified atom stereocenters. The summed E-state index contributed by atoms with van der Waals surface area (Å²) in [4.78, 5) is 0. The second-order valence-electron chi connectivity index (χ2n) is 5.79. The number of aliphatic hydroxyl groups excluding tert-OH is 1. The first-order chi connectivity index (χ1) is 9.98. The second-order valence-corrected chi connectivity index (χ2v) is 5.79. The van der Waals surface area contributed by atoms with Crippen molar-refractivity contribution < 1.29 is 9.50 Å². The summed E-state index contributed by atoms with van der Waals surface area (Å²) < 4.78 is 13.6. The largest absolute Gasteiger partial charge is 0.394 e. The molecule has 0 aliphatic heterocycles. The van der Waals surface area contributed by atoms with Gasteiger partial charge in [-0.3, -0.25) is 0 Å². The van der Waals surface area contributed by atoms with Gasteiger partial charge in [-0.25, -0.2) is 4.39 Å². The minimum atomic E-state index is -0.637. The van der Waals surface area contributed by atoms with Crippen LogP contribution >= 0.6 is 0 Å². The van der Waals surface area contributed by atoms with Crippen molar-refractivity contribution in [1.29, 1.82) is 0 Å². The Labute approximate surface area is 125 Å². The number of hydrogen-bond donors (Lipinski definition) is 2. The molecule has 2 rings (SSSR count). The van der Waals surface area contributed by atoms with Crippen molar-refractivity contribution in [3.63, 3.8) is 0 Å². The van der Waals surface area contributed by atoms with E-state index in [9.17, 15) is 9.50 Å². The highest BCUT2D eigenvalue weighted by Gasteiger charge is 2.35. The van der Waals surface area contributed by atoms with E-state index in [-0.39, 0.29) is 18.3 Å². The van der Waals surface area contributed by atoms with Crippen molar-refractivity contribution in [3.05, 3.63) is 65.5 Å². The van der Waals surface area contributed by atoms with E-state index in [1.165, 1.54) is 12.1 Å². The molecule has 0 saturated carbocycles. The van der Waals surface area contributed by atoms with Gasteiger partial charge < -0.3 is 10.4 Å². The summed E-state index contributed by atoms with van der Waals surface area (Å²) in [6, 6.07) is 14.6. The minimum Gasteiger partial charge on any atom is -0.394 e. The number of anilines is 1. The average Bonchev–Trinajstić information content (AvgIpc) is 2.44. The lowest BCUT2D eigenvalue weighted by molar-refractivity contribution is 0.172. The van der Waals surface area contributed by atoms with E-state index in [1.54, 1.807) is 0 Å². The smallest absolute Gasteiger partial charge is 0.125 e. The molecule has 0 heterocycles. The van der Waals surface area contributed by atoms with Gasteiger partial charge in [0.05, 0.1) is 12.1 Å². The molecule has 0 bridgehead atoms. The van der Waals surface area contributed by atoms with Gasteiger partial charge in [0.2, 0.25) is 0 Å². The third-order valence-corrected chi connectivity index (χ3v) is 3.93. The van der Waals surface area contributed by atoms with E-state index < -0.39 is 5.54 Å². The Hall–Kier alpha value is -1.87. The summed E-state index contributed by atoms with van der Waals surface area (Å²) in [5, 5.41) is 13.4. The number of aryl methyl sites for hydroxylation is 1. The first-order valence-electron chi connectivity index (χ1n) is 7.19. The number of benzene rings is 2. The Morgan fingerprint density at radius 3 is 2.33 bits per heavy atom. The Morgan fingerprint density at radius 1 is 1.14 bits per heavy atom. The monoisotopic (exact) mass is 287 g/mol. The van der Waals surface area contributed by atoms with E-state index >= 15 is 0 Å². The third-order valence-electron chi connectivity index (χ3n) is 3.93. The minimum absolute atomic E-state index is 0.0652. The molecule has 0 aliphatic rings. The summed E-state index contributed by atoms with van der Waals surface area (Å²) in [6.07, 6.45) is 0. The maximum atomic E-state index is 13.6. The molecule has 0 spiro atoms.